The number of benzene rings is 8. The van der Waals surface area contributed by atoms with Gasteiger partial charge < -0.3 is 0 Å². The Labute approximate surface area is 363 Å². The van der Waals surface area contributed by atoms with Crippen LogP contribution in [0.3, 0.4) is 0 Å². The summed E-state index contributed by atoms with van der Waals surface area (Å²) in [7, 11) is 0. The molecule has 61 heavy (non-hydrogen) atoms. The zero-order valence-corrected chi connectivity index (χ0v) is 35.9. The summed E-state index contributed by atoms with van der Waals surface area (Å²) in [4.78, 5) is 0. The second-order valence-corrected chi connectivity index (χ2v) is 20.9. The number of hydrogen-bond acceptors (Lipinski definition) is 1. The van der Waals surface area contributed by atoms with E-state index < -0.39 is 0 Å². The maximum atomic E-state index is 2.64. The first-order chi connectivity index (χ1) is 29.9. The van der Waals surface area contributed by atoms with Gasteiger partial charge in [0.1, 0.15) is 0 Å². The lowest BCUT2D eigenvalue weighted by molar-refractivity contribution is -0.00512. The lowest BCUT2D eigenvalue weighted by atomic mass is 9.48. The molecule has 1 heterocycles. The molecule has 1 unspecified atom stereocenters. The molecule has 5 aliphatic carbocycles. The van der Waals surface area contributed by atoms with Crippen molar-refractivity contribution >= 4 is 42.3 Å². The highest BCUT2D eigenvalue weighted by Gasteiger charge is 2.51. The van der Waals surface area contributed by atoms with Crippen LogP contribution in [0, 0.1) is 17.8 Å². The van der Waals surface area contributed by atoms with Crippen molar-refractivity contribution in [2.75, 3.05) is 0 Å². The fourth-order valence-corrected chi connectivity index (χ4v) is 14.9. The largest absolute Gasteiger partial charge is 0.135 e. The number of hydrogen-bond donors (Lipinski definition) is 0. The fraction of sp³-hybridized carbons (Fsp3) is 0.233. The Balaban J connectivity index is 1.03. The average molecular weight is 803 g/mol. The molecule has 4 fully saturated rings. The zero-order valence-electron chi connectivity index (χ0n) is 35.1. The lowest BCUT2D eigenvalue weighted by Crippen LogP contribution is -2.48. The van der Waals surface area contributed by atoms with Gasteiger partial charge in [-0.3, -0.25) is 0 Å². The maximum Gasteiger partial charge on any atom is 0.0358 e. The molecule has 0 aliphatic heterocycles. The minimum absolute atomic E-state index is 0.00412. The Morgan fingerprint density at radius 3 is 1.92 bits per heavy atom. The Morgan fingerprint density at radius 1 is 0.492 bits per heavy atom. The van der Waals surface area contributed by atoms with Crippen LogP contribution in [0.25, 0.3) is 64.3 Å². The van der Waals surface area contributed by atoms with Gasteiger partial charge in [0.25, 0.3) is 0 Å². The van der Waals surface area contributed by atoms with Gasteiger partial charge in [0.05, 0.1) is 0 Å². The summed E-state index contributed by atoms with van der Waals surface area (Å²) in [6.07, 6.45) is 8.67. The molecular weight excluding hydrogens is 753 g/mol. The Kier molecular flexibility index (Phi) is 7.88. The first-order valence-electron chi connectivity index (χ1n) is 22.8. The highest BCUT2D eigenvalue weighted by Crippen LogP contribution is 2.61. The summed E-state index contributed by atoms with van der Waals surface area (Å²) in [5.74, 6) is 2.84. The predicted octanol–water partition coefficient (Wildman–Crippen LogP) is 16.5. The van der Waals surface area contributed by atoms with E-state index in [2.05, 4.69) is 184 Å². The summed E-state index contributed by atoms with van der Waals surface area (Å²) >= 11 is 1.99. The molecule has 0 nitrogen and oxygen atoms in total. The average Bonchev–Trinajstić information content (AvgIpc) is 3.77. The van der Waals surface area contributed by atoms with Crippen molar-refractivity contribution in [3.8, 4) is 33.4 Å². The Bertz CT molecular complexity index is 3170. The van der Waals surface area contributed by atoms with E-state index in [9.17, 15) is 0 Å². The monoisotopic (exact) mass is 802 g/mol. The smallest absolute Gasteiger partial charge is 0.0358 e. The van der Waals surface area contributed by atoms with E-state index >= 15 is 0 Å². The minimum Gasteiger partial charge on any atom is -0.135 e. The van der Waals surface area contributed by atoms with Crippen molar-refractivity contribution in [3.05, 3.63) is 203 Å². The van der Waals surface area contributed by atoms with Crippen LogP contribution in [0.5, 0.6) is 0 Å². The van der Waals surface area contributed by atoms with Crippen molar-refractivity contribution in [1.82, 2.24) is 0 Å². The summed E-state index contributed by atoms with van der Waals surface area (Å²) in [5.41, 5.74) is 16.7. The molecule has 1 heteroatoms. The molecule has 9 aromatic rings. The third kappa shape index (κ3) is 5.42. The van der Waals surface area contributed by atoms with E-state index in [1.54, 1.807) is 5.56 Å². The molecule has 0 amide bonds. The van der Waals surface area contributed by atoms with Gasteiger partial charge in [-0.05, 0) is 157 Å². The van der Waals surface area contributed by atoms with Gasteiger partial charge in [-0.2, -0.15) is 0 Å². The van der Waals surface area contributed by atoms with Crippen molar-refractivity contribution in [2.24, 2.45) is 17.8 Å². The van der Waals surface area contributed by atoms with Crippen molar-refractivity contribution in [1.29, 1.82) is 0 Å². The number of fused-ring (bicyclic) bond motifs is 7. The molecule has 1 aromatic heterocycles. The molecule has 0 N–H and O–H groups in total. The van der Waals surface area contributed by atoms with E-state index in [1.807, 2.05) is 11.3 Å². The molecule has 1 atom stereocenters. The molecule has 8 aromatic carbocycles. The first kappa shape index (κ1) is 35.9. The van der Waals surface area contributed by atoms with Crippen LogP contribution in [-0.4, -0.2) is 0 Å². The molecule has 4 saturated carbocycles. The maximum absolute atomic E-state index is 2.64. The van der Waals surface area contributed by atoms with Crippen LogP contribution in [0.15, 0.2) is 170 Å². The molecule has 14 rings (SSSR count). The molecule has 0 saturated heterocycles. The van der Waals surface area contributed by atoms with Crippen LogP contribution in [0.1, 0.15) is 91.7 Å². The van der Waals surface area contributed by atoms with Crippen molar-refractivity contribution in [2.45, 2.75) is 69.1 Å². The summed E-state index contributed by atoms with van der Waals surface area (Å²) in [6, 6.07) is 65.4. The van der Waals surface area contributed by atoms with Gasteiger partial charge in [0.15, 0.2) is 0 Å². The van der Waals surface area contributed by atoms with Crippen LogP contribution >= 0.6 is 11.3 Å². The van der Waals surface area contributed by atoms with E-state index in [1.165, 1.54) is 131 Å². The molecule has 4 bridgehead atoms. The van der Waals surface area contributed by atoms with Crippen LogP contribution < -0.4 is 0 Å². The summed E-state index contributed by atoms with van der Waals surface area (Å²) < 4.78 is 2.81. The zero-order chi connectivity index (χ0) is 40.5. The quantitative estimate of drug-likeness (QED) is 0.147. The predicted molar refractivity (Wildman–Crippen MR) is 259 cm³/mol. The number of thiophene rings is 1. The third-order valence-corrected chi connectivity index (χ3v) is 17.1. The lowest BCUT2D eigenvalue weighted by Gasteiger charge is -2.57. The van der Waals surface area contributed by atoms with Crippen LogP contribution in [0.2, 0.25) is 0 Å². The Morgan fingerprint density at radius 2 is 1.13 bits per heavy atom. The Hall–Kier alpha value is -5.76. The van der Waals surface area contributed by atoms with Gasteiger partial charge in [0.2, 0.25) is 0 Å². The minimum atomic E-state index is -0.0872. The van der Waals surface area contributed by atoms with Crippen LogP contribution in [-0.2, 0) is 10.8 Å². The van der Waals surface area contributed by atoms with Crippen molar-refractivity contribution < 1.29 is 0 Å². The second kappa shape index (κ2) is 13.4. The summed E-state index contributed by atoms with van der Waals surface area (Å²) in [5, 5.41) is 5.44. The number of rotatable bonds is 6. The van der Waals surface area contributed by atoms with E-state index in [0.717, 1.165) is 17.8 Å². The van der Waals surface area contributed by atoms with Gasteiger partial charge in [-0.1, -0.05) is 166 Å². The fourth-order valence-electron chi connectivity index (χ4n) is 13.7. The molecule has 0 spiro atoms. The molecule has 296 valence electrons. The normalized spacial score (nSPS) is 22.5. The van der Waals surface area contributed by atoms with Crippen LogP contribution in [0.4, 0.5) is 0 Å². The SMILES string of the molecule is CC1(C)c2ccccc2-c2c(C(c3ccc4c(c3)sc3ccc(C56CC7CC(CC(C7)C5)C6)cc34)c3ccccc3-c3cccc4cccc(-c5ccccc5)c34)cccc21. The van der Waals surface area contributed by atoms with Crippen molar-refractivity contribution in [3.63, 3.8) is 0 Å². The van der Waals surface area contributed by atoms with Gasteiger partial charge in [-0.15, -0.1) is 11.3 Å². The van der Waals surface area contributed by atoms with Gasteiger partial charge >= 0.3 is 0 Å². The third-order valence-electron chi connectivity index (χ3n) is 16.0. The first-order valence-corrected chi connectivity index (χ1v) is 23.6. The van der Waals surface area contributed by atoms with E-state index in [-0.39, 0.29) is 11.3 Å². The summed E-state index contributed by atoms with van der Waals surface area (Å²) in [6.45, 7) is 4.82. The van der Waals surface area contributed by atoms with Gasteiger partial charge in [0, 0.05) is 31.5 Å². The standard InChI is InChI=1S/C60H50S/c1-59(2)52-23-9-8-19-49(52)58-50(22-12-24-53(58)59)57(47-18-7-6-17-45(47)48-21-11-16-41-15-10-20-44(56(41)48)40-13-4-3-5-14-40)42-25-27-46-51-33-43(26-28-54(51)61-55(46)32-42)60-34-37-29-38(35-60)31-39(30-37)36-60/h3-28,32-33,37-39,57H,29-31,34-36H2,1-2H3. The van der Waals surface area contributed by atoms with Gasteiger partial charge in [-0.25, -0.2) is 0 Å². The second-order valence-electron chi connectivity index (χ2n) is 19.8. The molecule has 0 radical (unpaired) electrons. The topological polar surface area (TPSA) is 0 Å². The molecular formula is C60H50S. The molecule has 5 aliphatic rings. The van der Waals surface area contributed by atoms with E-state index in [0.29, 0.717) is 5.41 Å². The van der Waals surface area contributed by atoms with E-state index in [4.69, 9.17) is 0 Å². The highest BCUT2D eigenvalue weighted by molar-refractivity contribution is 7.25. The highest BCUT2D eigenvalue weighted by atomic mass is 32.1.